The van der Waals surface area contributed by atoms with Crippen LogP contribution >= 0.6 is 0 Å². The molecule has 23 heavy (non-hydrogen) atoms. The standard InChI is InChI=1S/C15H15N3O5/c1-23-15(22)17-6-4-9(7-17)18-8-11(14(20)21)12(19)10-3-2-5-16-13(10)18/h2-3,5,8-9H,4,6-7H2,1H3,(H,20,21)/t9-/m1/s1. The zero-order valence-electron chi connectivity index (χ0n) is 12.4. The van der Waals surface area contributed by atoms with Crippen molar-refractivity contribution < 1.29 is 19.4 Å². The fraction of sp³-hybridized carbons (Fsp3) is 0.333. The lowest BCUT2D eigenvalue weighted by Gasteiger charge is -2.19. The van der Waals surface area contributed by atoms with E-state index in [2.05, 4.69) is 4.98 Å². The summed E-state index contributed by atoms with van der Waals surface area (Å²) in [5.41, 5.74) is -0.444. The number of aromatic nitrogens is 2. The third-order valence-electron chi connectivity index (χ3n) is 4.01. The maximum atomic E-state index is 12.2. The molecule has 1 N–H and O–H groups in total. The van der Waals surface area contributed by atoms with E-state index in [4.69, 9.17) is 4.74 Å². The van der Waals surface area contributed by atoms with Crippen LogP contribution in [-0.4, -0.2) is 51.8 Å². The van der Waals surface area contributed by atoms with Gasteiger partial charge in [-0.3, -0.25) is 4.79 Å². The Balaban J connectivity index is 2.11. The molecule has 2 aromatic rings. The highest BCUT2D eigenvalue weighted by Crippen LogP contribution is 2.25. The molecule has 3 heterocycles. The number of carbonyl (C=O) groups excluding carboxylic acids is 1. The molecule has 0 aromatic carbocycles. The van der Waals surface area contributed by atoms with Crippen molar-refractivity contribution in [1.29, 1.82) is 0 Å². The number of carboxylic acids is 1. The maximum Gasteiger partial charge on any atom is 0.409 e. The highest BCUT2D eigenvalue weighted by atomic mass is 16.5. The van der Waals surface area contributed by atoms with E-state index in [-0.39, 0.29) is 17.0 Å². The monoisotopic (exact) mass is 317 g/mol. The molecule has 0 bridgehead atoms. The van der Waals surface area contributed by atoms with Gasteiger partial charge in [-0.25, -0.2) is 14.6 Å². The summed E-state index contributed by atoms with van der Waals surface area (Å²) in [7, 11) is 1.31. The lowest BCUT2D eigenvalue weighted by molar-refractivity contribution is 0.0694. The largest absolute Gasteiger partial charge is 0.477 e. The zero-order chi connectivity index (χ0) is 16.6. The van der Waals surface area contributed by atoms with E-state index < -0.39 is 17.5 Å². The van der Waals surface area contributed by atoms with E-state index in [1.807, 2.05) is 0 Å². The van der Waals surface area contributed by atoms with Gasteiger partial charge < -0.3 is 19.3 Å². The van der Waals surface area contributed by atoms with Gasteiger partial charge in [-0.05, 0) is 18.6 Å². The molecule has 0 spiro atoms. The topological polar surface area (TPSA) is 102 Å². The van der Waals surface area contributed by atoms with Crippen molar-refractivity contribution in [2.75, 3.05) is 20.2 Å². The smallest absolute Gasteiger partial charge is 0.409 e. The van der Waals surface area contributed by atoms with E-state index in [0.717, 1.165) is 0 Å². The number of carbonyl (C=O) groups is 2. The minimum atomic E-state index is -1.28. The summed E-state index contributed by atoms with van der Waals surface area (Å²) < 4.78 is 6.37. The van der Waals surface area contributed by atoms with Gasteiger partial charge in [0, 0.05) is 25.5 Å². The molecular formula is C15H15N3O5. The number of carboxylic acid groups (broad SMARTS) is 1. The molecule has 1 aliphatic heterocycles. The van der Waals surface area contributed by atoms with Gasteiger partial charge in [0.05, 0.1) is 18.5 Å². The van der Waals surface area contributed by atoms with Gasteiger partial charge in [-0.15, -0.1) is 0 Å². The second-order valence-electron chi connectivity index (χ2n) is 5.32. The highest BCUT2D eigenvalue weighted by molar-refractivity contribution is 5.91. The number of ether oxygens (including phenoxy) is 1. The minimum absolute atomic E-state index is 0.162. The van der Waals surface area contributed by atoms with Crippen molar-refractivity contribution in [3.8, 4) is 0 Å². The van der Waals surface area contributed by atoms with Crippen LogP contribution in [0.25, 0.3) is 11.0 Å². The van der Waals surface area contributed by atoms with Crippen LogP contribution in [0.5, 0.6) is 0 Å². The number of pyridine rings is 2. The first-order chi connectivity index (χ1) is 11.0. The summed E-state index contributed by atoms with van der Waals surface area (Å²) in [5, 5.41) is 9.51. The Morgan fingerprint density at radius 2 is 2.22 bits per heavy atom. The third-order valence-corrected chi connectivity index (χ3v) is 4.01. The summed E-state index contributed by atoms with van der Waals surface area (Å²) in [6.45, 7) is 0.875. The molecule has 1 amide bonds. The number of likely N-dealkylation sites (tertiary alicyclic amines) is 1. The van der Waals surface area contributed by atoms with Crippen molar-refractivity contribution >= 4 is 23.1 Å². The first-order valence-electron chi connectivity index (χ1n) is 7.09. The van der Waals surface area contributed by atoms with Crippen molar-refractivity contribution in [2.45, 2.75) is 12.5 Å². The molecule has 1 saturated heterocycles. The number of aromatic carboxylic acids is 1. The van der Waals surface area contributed by atoms with E-state index >= 15 is 0 Å². The van der Waals surface area contributed by atoms with Crippen molar-refractivity contribution in [1.82, 2.24) is 14.5 Å². The fourth-order valence-corrected chi connectivity index (χ4v) is 2.88. The van der Waals surface area contributed by atoms with Gasteiger partial charge in [-0.1, -0.05) is 0 Å². The van der Waals surface area contributed by atoms with Crippen LogP contribution in [0.1, 0.15) is 22.8 Å². The Morgan fingerprint density at radius 3 is 2.91 bits per heavy atom. The maximum absolute atomic E-state index is 12.2. The van der Waals surface area contributed by atoms with Crippen LogP contribution in [0.3, 0.4) is 0 Å². The number of hydrogen-bond acceptors (Lipinski definition) is 5. The van der Waals surface area contributed by atoms with Crippen molar-refractivity contribution in [2.24, 2.45) is 0 Å². The lowest BCUT2D eigenvalue weighted by atomic mass is 10.1. The molecule has 0 saturated carbocycles. The number of methoxy groups -OCH3 is 1. The number of fused-ring (bicyclic) bond motifs is 1. The van der Waals surface area contributed by atoms with Crippen molar-refractivity contribution in [3.05, 3.63) is 40.3 Å². The van der Waals surface area contributed by atoms with E-state index in [9.17, 15) is 19.5 Å². The molecule has 0 unspecified atom stereocenters. The molecule has 0 aliphatic carbocycles. The summed E-state index contributed by atoms with van der Waals surface area (Å²) in [4.78, 5) is 40.9. The van der Waals surface area contributed by atoms with Crippen LogP contribution in [0, 0.1) is 0 Å². The van der Waals surface area contributed by atoms with Crippen LogP contribution < -0.4 is 5.43 Å². The van der Waals surface area contributed by atoms with Crippen LogP contribution in [0.4, 0.5) is 4.79 Å². The second kappa shape index (κ2) is 5.71. The molecule has 1 atom stereocenters. The average molecular weight is 317 g/mol. The fourth-order valence-electron chi connectivity index (χ4n) is 2.88. The average Bonchev–Trinajstić information content (AvgIpc) is 3.04. The molecule has 0 radical (unpaired) electrons. The SMILES string of the molecule is COC(=O)N1CC[C@@H](n2cc(C(=O)O)c(=O)c3cccnc32)C1. The molecule has 8 nitrogen and oxygen atoms in total. The van der Waals surface area contributed by atoms with E-state index in [1.165, 1.54) is 18.2 Å². The zero-order valence-corrected chi connectivity index (χ0v) is 12.4. The Bertz CT molecular complexity index is 845. The summed E-state index contributed by atoms with van der Waals surface area (Å²) in [6.07, 6.45) is 3.06. The summed E-state index contributed by atoms with van der Waals surface area (Å²) in [6, 6.07) is 2.99. The minimum Gasteiger partial charge on any atom is -0.477 e. The first kappa shape index (κ1) is 15.0. The third kappa shape index (κ3) is 2.52. The Morgan fingerprint density at radius 1 is 1.43 bits per heavy atom. The Hall–Kier alpha value is -2.90. The molecule has 1 aliphatic rings. The molecular weight excluding hydrogens is 302 g/mol. The normalized spacial score (nSPS) is 17.4. The molecule has 1 fully saturated rings. The van der Waals surface area contributed by atoms with Gasteiger partial charge in [0.15, 0.2) is 0 Å². The second-order valence-corrected chi connectivity index (χ2v) is 5.32. The Kier molecular flexibility index (Phi) is 3.73. The van der Waals surface area contributed by atoms with Crippen LogP contribution in [0.15, 0.2) is 29.3 Å². The summed E-state index contributed by atoms with van der Waals surface area (Å²) >= 11 is 0. The van der Waals surface area contributed by atoms with Gasteiger partial charge in [0.25, 0.3) is 0 Å². The molecule has 8 heteroatoms. The number of hydrogen-bond donors (Lipinski definition) is 1. The van der Waals surface area contributed by atoms with E-state index in [0.29, 0.717) is 25.2 Å². The van der Waals surface area contributed by atoms with Gasteiger partial charge >= 0.3 is 12.1 Å². The Labute approximate surface area is 130 Å². The highest BCUT2D eigenvalue weighted by Gasteiger charge is 2.29. The summed E-state index contributed by atoms with van der Waals surface area (Å²) in [5.74, 6) is -1.28. The van der Waals surface area contributed by atoms with Gasteiger partial charge in [-0.2, -0.15) is 0 Å². The number of amides is 1. The molecule has 3 rings (SSSR count). The number of nitrogens with zero attached hydrogens (tertiary/aromatic N) is 3. The van der Waals surface area contributed by atoms with Gasteiger partial charge in [0.1, 0.15) is 11.2 Å². The lowest BCUT2D eigenvalue weighted by Crippen LogP contribution is -2.29. The predicted molar refractivity (Wildman–Crippen MR) is 80.6 cm³/mol. The van der Waals surface area contributed by atoms with Crippen LogP contribution in [-0.2, 0) is 4.74 Å². The first-order valence-corrected chi connectivity index (χ1v) is 7.09. The molecule has 120 valence electrons. The molecule has 2 aromatic heterocycles. The number of rotatable bonds is 2. The van der Waals surface area contributed by atoms with Crippen LogP contribution in [0.2, 0.25) is 0 Å². The van der Waals surface area contributed by atoms with E-state index in [1.54, 1.807) is 22.9 Å². The predicted octanol–water partition coefficient (Wildman–Crippen LogP) is 1.11. The van der Waals surface area contributed by atoms with Gasteiger partial charge in [0.2, 0.25) is 5.43 Å². The quantitative estimate of drug-likeness (QED) is 0.890. The van der Waals surface area contributed by atoms with Crippen molar-refractivity contribution in [3.63, 3.8) is 0 Å².